The highest BCUT2D eigenvalue weighted by Crippen LogP contribution is 2.30. The normalized spacial score (nSPS) is 13.6. The Labute approximate surface area is 128 Å². The maximum absolute atomic E-state index is 12.2. The summed E-state index contributed by atoms with van der Waals surface area (Å²) in [7, 11) is 0. The Balaban J connectivity index is 2.20. The van der Waals surface area contributed by atoms with Crippen molar-refractivity contribution in [3.63, 3.8) is 0 Å². The van der Waals surface area contributed by atoms with Gasteiger partial charge in [0.15, 0.2) is 0 Å². The summed E-state index contributed by atoms with van der Waals surface area (Å²) in [5.74, 6) is -0.541. The largest absolute Gasteiger partial charge is 0.462 e. The molecule has 0 saturated carbocycles. The van der Waals surface area contributed by atoms with Crippen LogP contribution in [0.4, 0.5) is 5.00 Å². The topological polar surface area (TPSA) is 67.4 Å². The molecular formula is C15H20N2O3S. The fourth-order valence-electron chi connectivity index (χ4n) is 1.94. The highest BCUT2D eigenvalue weighted by atomic mass is 32.1. The molecule has 0 unspecified atom stereocenters. The van der Waals surface area contributed by atoms with Crippen molar-refractivity contribution in [2.45, 2.75) is 27.2 Å². The third-order valence-corrected chi connectivity index (χ3v) is 4.60. The molecule has 6 heteroatoms. The summed E-state index contributed by atoms with van der Waals surface area (Å²) in [6, 6.07) is 1.80. The van der Waals surface area contributed by atoms with E-state index in [1.54, 1.807) is 13.0 Å². The SMILES string of the molecule is CCOC(=O)c1cc(CC)sc1NC(=O)C(C)=C1CNC1. The Kier molecular flexibility index (Phi) is 5.14. The van der Waals surface area contributed by atoms with Crippen molar-refractivity contribution in [1.82, 2.24) is 5.32 Å². The Hall–Kier alpha value is -1.66. The molecule has 1 aliphatic rings. The van der Waals surface area contributed by atoms with Crippen LogP contribution in [0.25, 0.3) is 0 Å². The monoisotopic (exact) mass is 308 g/mol. The Morgan fingerprint density at radius 1 is 1.38 bits per heavy atom. The van der Waals surface area contributed by atoms with E-state index in [0.29, 0.717) is 17.2 Å². The summed E-state index contributed by atoms with van der Waals surface area (Å²) >= 11 is 1.43. The van der Waals surface area contributed by atoms with E-state index < -0.39 is 0 Å². The molecule has 1 saturated heterocycles. The van der Waals surface area contributed by atoms with Gasteiger partial charge in [0.25, 0.3) is 5.91 Å². The van der Waals surface area contributed by atoms with Gasteiger partial charge < -0.3 is 15.4 Å². The number of anilines is 1. The first-order valence-electron chi connectivity index (χ1n) is 7.07. The molecule has 1 fully saturated rings. The minimum Gasteiger partial charge on any atom is -0.462 e. The number of thiophene rings is 1. The lowest BCUT2D eigenvalue weighted by atomic mass is 10.0. The van der Waals surface area contributed by atoms with Crippen molar-refractivity contribution >= 4 is 28.2 Å². The van der Waals surface area contributed by atoms with Gasteiger partial charge in [-0.05, 0) is 31.9 Å². The first kappa shape index (κ1) is 15.7. The van der Waals surface area contributed by atoms with Crippen LogP contribution in [0.5, 0.6) is 0 Å². The molecular weight excluding hydrogens is 288 g/mol. The smallest absolute Gasteiger partial charge is 0.341 e. The summed E-state index contributed by atoms with van der Waals surface area (Å²) in [6.07, 6.45) is 0.816. The maximum atomic E-state index is 12.2. The zero-order chi connectivity index (χ0) is 15.4. The zero-order valence-electron chi connectivity index (χ0n) is 12.5. The van der Waals surface area contributed by atoms with Gasteiger partial charge in [0.2, 0.25) is 0 Å². The van der Waals surface area contributed by atoms with Crippen molar-refractivity contribution < 1.29 is 14.3 Å². The molecule has 1 aromatic rings. The van der Waals surface area contributed by atoms with E-state index in [2.05, 4.69) is 10.6 Å². The number of hydrogen-bond acceptors (Lipinski definition) is 5. The number of aryl methyl sites for hydroxylation is 1. The quantitative estimate of drug-likeness (QED) is 0.647. The number of esters is 1. The lowest BCUT2D eigenvalue weighted by Gasteiger charge is -2.21. The lowest BCUT2D eigenvalue weighted by molar-refractivity contribution is -0.112. The molecule has 5 nitrogen and oxygen atoms in total. The number of carbonyl (C=O) groups excluding carboxylic acids is 2. The molecule has 0 aliphatic carbocycles. The standard InChI is InChI=1S/C15H20N2O3S/c1-4-11-6-12(15(19)20-5-2)14(21-11)17-13(18)9(3)10-7-16-8-10/h6,16H,4-5,7-8H2,1-3H3,(H,17,18). The van der Waals surface area contributed by atoms with E-state index in [1.807, 2.05) is 13.8 Å². The van der Waals surface area contributed by atoms with Gasteiger partial charge in [-0.1, -0.05) is 6.92 Å². The maximum Gasteiger partial charge on any atom is 0.341 e. The molecule has 114 valence electrons. The Bertz CT molecular complexity index is 584. The van der Waals surface area contributed by atoms with Crippen molar-refractivity contribution in [2.24, 2.45) is 0 Å². The van der Waals surface area contributed by atoms with E-state index >= 15 is 0 Å². The Morgan fingerprint density at radius 3 is 2.62 bits per heavy atom. The molecule has 0 spiro atoms. The van der Waals surface area contributed by atoms with Gasteiger partial charge in [-0.3, -0.25) is 4.79 Å². The highest BCUT2D eigenvalue weighted by Gasteiger charge is 2.21. The second-order valence-electron chi connectivity index (χ2n) is 4.82. The van der Waals surface area contributed by atoms with Gasteiger partial charge in [-0.2, -0.15) is 0 Å². The summed E-state index contributed by atoms with van der Waals surface area (Å²) in [5, 5.41) is 6.53. The number of carbonyl (C=O) groups is 2. The van der Waals surface area contributed by atoms with Crippen LogP contribution in [0, 0.1) is 0 Å². The van der Waals surface area contributed by atoms with Crippen LogP contribution < -0.4 is 10.6 Å². The first-order valence-corrected chi connectivity index (χ1v) is 7.89. The van der Waals surface area contributed by atoms with Crippen molar-refractivity contribution in [3.05, 3.63) is 27.7 Å². The van der Waals surface area contributed by atoms with E-state index in [9.17, 15) is 9.59 Å². The molecule has 2 heterocycles. The molecule has 1 aliphatic heterocycles. The third-order valence-electron chi connectivity index (χ3n) is 3.40. The van der Waals surface area contributed by atoms with Crippen LogP contribution >= 0.6 is 11.3 Å². The van der Waals surface area contributed by atoms with Gasteiger partial charge in [-0.25, -0.2) is 4.79 Å². The summed E-state index contributed by atoms with van der Waals surface area (Å²) < 4.78 is 5.04. The van der Waals surface area contributed by atoms with E-state index in [-0.39, 0.29) is 11.9 Å². The number of amides is 1. The van der Waals surface area contributed by atoms with Gasteiger partial charge >= 0.3 is 5.97 Å². The zero-order valence-corrected chi connectivity index (χ0v) is 13.4. The second kappa shape index (κ2) is 6.87. The number of ether oxygens (including phenoxy) is 1. The van der Waals surface area contributed by atoms with Crippen LogP contribution in [-0.2, 0) is 16.0 Å². The van der Waals surface area contributed by atoms with E-state index in [0.717, 1.165) is 35.5 Å². The van der Waals surface area contributed by atoms with Crippen molar-refractivity contribution in [1.29, 1.82) is 0 Å². The first-order chi connectivity index (χ1) is 10.1. The van der Waals surface area contributed by atoms with Gasteiger partial charge in [-0.15, -0.1) is 11.3 Å². The van der Waals surface area contributed by atoms with Crippen LogP contribution in [0.15, 0.2) is 17.2 Å². The lowest BCUT2D eigenvalue weighted by Crippen LogP contribution is -2.36. The molecule has 1 aromatic heterocycles. The summed E-state index contributed by atoms with van der Waals surface area (Å²) in [5.41, 5.74) is 2.27. The molecule has 2 rings (SSSR count). The van der Waals surface area contributed by atoms with Crippen LogP contribution in [0.1, 0.15) is 36.0 Å². The fourth-order valence-corrected chi connectivity index (χ4v) is 2.92. The van der Waals surface area contributed by atoms with Gasteiger partial charge in [0.05, 0.1) is 12.2 Å². The Morgan fingerprint density at radius 2 is 2.10 bits per heavy atom. The summed E-state index contributed by atoms with van der Waals surface area (Å²) in [6.45, 7) is 7.42. The molecule has 0 atom stereocenters. The van der Waals surface area contributed by atoms with Crippen LogP contribution in [0.3, 0.4) is 0 Å². The summed E-state index contributed by atoms with van der Waals surface area (Å²) in [4.78, 5) is 25.2. The van der Waals surface area contributed by atoms with Crippen molar-refractivity contribution in [2.75, 3.05) is 25.0 Å². The fraction of sp³-hybridized carbons (Fsp3) is 0.467. The minimum absolute atomic E-state index is 0.151. The minimum atomic E-state index is -0.389. The number of nitrogens with one attached hydrogen (secondary N) is 2. The number of hydrogen-bond donors (Lipinski definition) is 2. The van der Waals surface area contributed by atoms with Gasteiger partial charge in [0, 0.05) is 23.5 Å². The second-order valence-corrected chi connectivity index (χ2v) is 5.95. The molecule has 21 heavy (non-hydrogen) atoms. The molecule has 0 radical (unpaired) electrons. The van der Waals surface area contributed by atoms with Crippen LogP contribution in [-0.4, -0.2) is 31.6 Å². The molecule has 1 amide bonds. The predicted octanol–water partition coefficient (Wildman–Crippen LogP) is 2.35. The highest BCUT2D eigenvalue weighted by molar-refractivity contribution is 7.16. The molecule has 0 aromatic carbocycles. The van der Waals surface area contributed by atoms with Crippen molar-refractivity contribution in [3.8, 4) is 0 Å². The average Bonchev–Trinajstić information content (AvgIpc) is 2.80. The third kappa shape index (κ3) is 3.51. The predicted molar refractivity (Wildman–Crippen MR) is 83.9 cm³/mol. The molecule has 0 bridgehead atoms. The average molecular weight is 308 g/mol. The number of rotatable bonds is 5. The van der Waals surface area contributed by atoms with Gasteiger partial charge in [0.1, 0.15) is 5.00 Å². The van der Waals surface area contributed by atoms with Crippen LogP contribution in [0.2, 0.25) is 0 Å². The van der Waals surface area contributed by atoms with E-state index in [1.165, 1.54) is 11.3 Å². The van der Waals surface area contributed by atoms with E-state index in [4.69, 9.17) is 4.74 Å². The molecule has 2 N–H and O–H groups in total.